The second-order valence-corrected chi connectivity index (χ2v) is 4.86. The fourth-order valence-electron chi connectivity index (χ4n) is 2.36. The minimum atomic E-state index is -1.03. The minimum Gasteiger partial charge on any atom is -0.480 e. The third kappa shape index (κ3) is 3.40. The van der Waals surface area contributed by atoms with Gasteiger partial charge in [-0.25, -0.2) is 0 Å². The molecule has 1 aromatic carbocycles. The Kier molecular flexibility index (Phi) is 4.45. The van der Waals surface area contributed by atoms with Crippen molar-refractivity contribution in [3.63, 3.8) is 0 Å². The molecular weight excluding hydrogens is 258 g/mol. The first-order chi connectivity index (χ1) is 9.58. The maximum atomic E-state index is 11.8. The van der Waals surface area contributed by atoms with Crippen LogP contribution in [0.3, 0.4) is 0 Å². The molecule has 0 radical (unpaired) electrons. The summed E-state index contributed by atoms with van der Waals surface area (Å²) >= 11 is 0. The summed E-state index contributed by atoms with van der Waals surface area (Å²) in [6.45, 7) is 1.55. The van der Waals surface area contributed by atoms with Crippen molar-refractivity contribution in [2.75, 3.05) is 43.0 Å². The molecule has 0 saturated heterocycles. The van der Waals surface area contributed by atoms with E-state index in [1.54, 1.807) is 0 Å². The third-order valence-electron chi connectivity index (χ3n) is 3.33. The molecule has 0 atom stereocenters. The van der Waals surface area contributed by atoms with Crippen molar-refractivity contribution in [3.05, 3.63) is 24.3 Å². The number of carboxylic acids is 1. The summed E-state index contributed by atoms with van der Waals surface area (Å²) < 4.78 is 0. The highest BCUT2D eigenvalue weighted by atomic mass is 16.4. The molecule has 0 fully saturated rings. The first kappa shape index (κ1) is 14.2. The molecule has 2 rings (SSSR count). The normalized spacial score (nSPS) is 14.4. The van der Waals surface area contributed by atoms with Gasteiger partial charge in [-0.1, -0.05) is 12.1 Å². The van der Waals surface area contributed by atoms with E-state index in [1.807, 2.05) is 36.2 Å². The third-order valence-corrected chi connectivity index (χ3v) is 3.33. The van der Waals surface area contributed by atoms with Gasteiger partial charge in [-0.05, 0) is 18.6 Å². The molecule has 0 aliphatic carbocycles. The SMILES string of the molecule is CN1CCCN(CC(=O)NCC(=O)O)c2ccccc21. The number of carboxylic acid groups (broad SMARTS) is 1. The maximum Gasteiger partial charge on any atom is 0.322 e. The van der Waals surface area contributed by atoms with E-state index >= 15 is 0 Å². The van der Waals surface area contributed by atoms with Crippen molar-refractivity contribution in [1.82, 2.24) is 5.32 Å². The Hall–Kier alpha value is -2.24. The summed E-state index contributed by atoms with van der Waals surface area (Å²) in [5.41, 5.74) is 2.11. The van der Waals surface area contributed by atoms with Crippen LogP contribution in [0.2, 0.25) is 0 Å². The number of nitrogens with one attached hydrogen (secondary N) is 1. The molecule has 1 aromatic rings. The van der Waals surface area contributed by atoms with Crippen LogP contribution in [0.4, 0.5) is 11.4 Å². The number of nitrogens with zero attached hydrogens (tertiary/aromatic N) is 2. The monoisotopic (exact) mass is 277 g/mol. The van der Waals surface area contributed by atoms with Crippen LogP contribution < -0.4 is 15.1 Å². The number of benzene rings is 1. The van der Waals surface area contributed by atoms with Gasteiger partial charge in [0.15, 0.2) is 0 Å². The van der Waals surface area contributed by atoms with Gasteiger partial charge < -0.3 is 20.2 Å². The number of rotatable bonds is 4. The second-order valence-electron chi connectivity index (χ2n) is 4.86. The molecule has 0 aromatic heterocycles. The molecule has 20 heavy (non-hydrogen) atoms. The van der Waals surface area contributed by atoms with Gasteiger partial charge in [0.25, 0.3) is 0 Å². The molecule has 1 heterocycles. The second kappa shape index (κ2) is 6.27. The standard InChI is InChI=1S/C14H19N3O3/c1-16-7-4-8-17(10-13(18)15-9-14(19)20)12-6-3-2-5-11(12)16/h2-3,5-6H,4,7-10H2,1H3,(H,15,18)(H,19,20). The summed E-state index contributed by atoms with van der Waals surface area (Å²) in [6.07, 6.45) is 0.956. The quantitative estimate of drug-likeness (QED) is 0.840. The molecule has 1 aliphatic rings. The highest BCUT2D eigenvalue weighted by Crippen LogP contribution is 2.30. The molecule has 1 aliphatic heterocycles. The first-order valence-electron chi connectivity index (χ1n) is 6.61. The number of anilines is 2. The lowest BCUT2D eigenvalue weighted by Crippen LogP contribution is -2.39. The number of carbonyl (C=O) groups excluding carboxylic acids is 1. The number of carbonyl (C=O) groups is 2. The van der Waals surface area contributed by atoms with Crippen LogP contribution in [-0.4, -0.2) is 50.2 Å². The number of hydrogen-bond donors (Lipinski definition) is 2. The number of hydrogen-bond acceptors (Lipinski definition) is 4. The summed E-state index contributed by atoms with van der Waals surface area (Å²) in [6, 6.07) is 7.94. The van der Waals surface area contributed by atoms with E-state index in [0.717, 1.165) is 30.9 Å². The highest BCUT2D eigenvalue weighted by molar-refractivity contribution is 5.86. The molecule has 6 nitrogen and oxygen atoms in total. The Bertz CT molecular complexity index is 504. The predicted octanol–water partition coefficient (Wildman–Crippen LogP) is 0.534. The average Bonchev–Trinajstić information content (AvgIpc) is 2.58. The van der Waals surface area contributed by atoms with Crippen LogP contribution in [0.25, 0.3) is 0 Å². The molecule has 1 amide bonds. The highest BCUT2D eigenvalue weighted by Gasteiger charge is 2.19. The number of amides is 1. The lowest BCUT2D eigenvalue weighted by atomic mass is 10.2. The van der Waals surface area contributed by atoms with Crippen molar-refractivity contribution in [2.24, 2.45) is 0 Å². The van der Waals surface area contributed by atoms with Gasteiger partial charge in [0, 0.05) is 20.1 Å². The summed E-state index contributed by atoms with van der Waals surface area (Å²) in [5, 5.41) is 11.0. The van der Waals surface area contributed by atoms with E-state index in [1.165, 1.54) is 0 Å². The first-order valence-corrected chi connectivity index (χ1v) is 6.61. The van der Waals surface area contributed by atoms with Crippen molar-refractivity contribution in [3.8, 4) is 0 Å². The Labute approximate surface area is 118 Å². The van der Waals surface area contributed by atoms with Gasteiger partial charge >= 0.3 is 5.97 Å². The predicted molar refractivity (Wildman–Crippen MR) is 77.2 cm³/mol. The van der Waals surface area contributed by atoms with Gasteiger partial charge in [-0.15, -0.1) is 0 Å². The van der Waals surface area contributed by atoms with Gasteiger partial charge in [0.05, 0.1) is 17.9 Å². The van der Waals surface area contributed by atoms with Crippen molar-refractivity contribution in [2.45, 2.75) is 6.42 Å². The molecular formula is C14H19N3O3. The average molecular weight is 277 g/mol. The van der Waals surface area contributed by atoms with Gasteiger partial charge in [-0.2, -0.15) is 0 Å². The Morgan fingerprint density at radius 2 is 1.95 bits per heavy atom. The van der Waals surface area contributed by atoms with Crippen molar-refractivity contribution in [1.29, 1.82) is 0 Å². The number of para-hydroxylation sites is 2. The number of aliphatic carboxylic acids is 1. The molecule has 6 heteroatoms. The van der Waals surface area contributed by atoms with Gasteiger partial charge in [-0.3, -0.25) is 9.59 Å². The van der Waals surface area contributed by atoms with E-state index in [-0.39, 0.29) is 19.0 Å². The van der Waals surface area contributed by atoms with Crippen LogP contribution in [0.5, 0.6) is 0 Å². The fourth-order valence-corrected chi connectivity index (χ4v) is 2.36. The van der Waals surface area contributed by atoms with E-state index in [0.29, 0.717) is 0 Å². The zero-order chi connectivity index (χ0) is 14.5. The largest absolute Gasteiger partial charge is 0.480 e. The van der Waals surface area contributed by atoms with E-state index in [9.17, 15) is 9.59 Å². The summed E-state index contributed by atoms with van der Waals surface area (Å²) in [7, 11) is 2.03. The molecule has 0 unspecified atom stereocenters. The Morgan fingerprint density at radius 1 is 1.25 bits per heavy atom. The molecule has 2 N–H and O–H groups in total. The number of fused-ring (bicyclic) bond motifs is 1. The Balaban J connectivity index is 2.09. The van der Waals surface area contributed by atoms with Gasteiger partial charge in [0.1, 0.15) is 6.54 Å². The van der Waals surface area contributed by atoms with Gasteiger partial charge in [0.2, 0.25) is 5.91 Å². The lowest BCUT2D eigenvalue weighted by molar-refractivity contribution is -0.137. The molecule has 0 spiro atoms. The summed E-state index contributed by atoms with van der Waals surface area (Å²) in [5.74, 6) is -1.30. The van der Waals surface area contributed by atoms with Crippen molar-refractivity contribution >= 4 is 23.3 Å². The maximum absolute atomic E-state index is 11.8. The zero-order valence-electron chi connectivity index (χ0n) is 11.5. The molecule has 0 saturated carbocycles. The topological polar surface area (TPSA) is 72.9 Å². The van der Waals surface area contributed by atoms with Crippen LogP contribution in [0, 0.1) is 0 Å². The zero-order valence-corrected chi connectivity index (χ0v) is 11.5. The van der Waals surface area contributed by atoms with E-state index in [2.05, 4.69) is 10.2 Å². The van der Waals surface area contributed by atoms with Crippen LogP contribution in [-0.2, 0) is 9.59 Å². The van der Waals surface area contributed by atoms with Crippen LogP contribution >= 0.6 is 0 Å². The summed E-state index contributed by atoms with van der Waals surface area (Å²) in [4.78, 5) is 26.4. The van der Waals surface area contributed by atoms with Crippen LogP contribution in [0.1, 0.15) is 6.42 Å². The lowest BCUT2D eigenvalue weighted by Gasteiger charge is -2.25. The Morgan fingerprint density at radius 3 is 2.65 bits per heavy atom. The fraction of sp³-hybridized carbons (Fsp3) is 0.429. The van der Waals surface area contributed by atoms with E-state index in [4.69, 9.17) is 5.11 Å². The smallest absolute Gasteiger partial charge is 0.322 e. The van der Waals surface area contributed by atoms with Crippen LogP contribution in [0.15, 0.2) is 24.3 Å². The molecule has 0 bridgehead atoms. The van der Waals surface area contributed by atoms with E-state index < -0.39 is 5.97 Å². The molecule has 108 valence electrons. The van der Waals surface area contributed by atoms with Crippen molar-refractivity contribution < 1.29 is 14.7 Å². The minimum absolute atomic E-state index is 0.179.